The number of thiazole rings is 1. The van der Waals surface area contributed by atoms with E-state index in [0.29, 0.717) is 17.1 Å². The molecule has 0 aliphatic heterocycles. The molecule has 1 aliphatic carbocycles. The predicted molar refractivity (Wildman–Crippen MR) is 99.9 cm³/mol. The van der Waals surface area contributed by atoms with Crippen molar-refractivity contribution in [2.24, 2.45) is 0 Å². The molecule has 1 saturated carbocycles. The highest BCUT2D eigenvalue weighted by Gasteiger charge is 2.23. The third-order valence-electron chi connectivity index (χ3n) is 4.54. The molecule has 1 aliphatic rings. The molecule has 1 aromatic carbocycles. The number of carbonyl (C=O) groups excluding carboxylic acids is 1. The van der Waals surface area contributed by atoms with Crippen molar-refractivity contribution in [2.45, 2.75) is 44.7 Å². The minimum atomic E-state index is 0.103. The van der Waals surface area contributed by atoms with E-state index in [4.69, 9.17) is 11.6 Å². The Morgan fingerprint density at radius 1 is 1.38 bits per heavy atom. The second-order valence-electron chi connectivity index (χ2n) is 6.22. The summed E-state index contributed by atoms with van der Waals surface area (Å²) in [6.07, 6.45) is 7.74. The summed E-state index contributed by atoms with van der Waals surface area (Å²) in [7, 11) is 1.93. The average Bonchev–Trinajstić information content (AvgIpc) is 3.05. The number of amides is 1. The number of aromatic nitrogens is 1. The summed E-state index contributed by atoms with van der Waals surface area (Å²) in [6, 6.07) is 8.08. The molecule has 0 spiro atoms. The highest BCUT2D eigenvalue weighted by atomic mass is 35.5. The molecule has 1 amide bonds. The molecule has 128 valence electrons. The fourth-order valence-corrected chi connectivity index (χ4v) is 4.07. The molecule has 0 saturated heterocycles. The van der Waals surface area contributed by atoms with E-state index in [9.17, 15) is 4.79 Å². The van der Waals surface area contributed by atoms with Gasteiger partial charge >= 0.3 is 0 Å². The molecule has 4 nitrogen and oxygen atoms in total. The van der Waals surface area contributed by atoms with Crippen LogP contribution >= 0.6 is 22.9 Å². The lowest BCUT2D eigenvalue weighted by molar-refractivity contribution is 0.0696. The number of anilines is 1. The topological polar surface area (TPSA) is 45.2 Å². The van der Waals surface area contributed by atoms with Gasteiger partial charge in [0.15, 0.2) is 4.47 Å². The van der Waals surface area contributed by atoms with Gasteiger partial charge in [-0.15, -0.1) is 11.3 Å². The first kappa shape index (κ1) is 17.2. The van der Waals surface area contributed by atoms with Crippen molar-refractivity contribution < 1.29 is 4.79 Å². The molecule has 3 rings (SSSR count). The zero-order chi connectivity index (χ0) is 16.9. The maximum Gasteiger partial charge on any atom is 0.253 e. The summed E-state index contributed by atoms with van der Waals surface area (Å²) in [5.41, 5.74) is 1.66. The van der Waals surface area contributed by atoms with Crippen molar-refractivity contribution in [3.05, 3.63) is 45.4 Å². The molecule has 1 aromatic heterocycles. The largest absolute Gasteiger partial charge is 0.380 e. The standard InChI is InChI=1S/C18H22ClN3OS/c1-22(15-8-3-2-4-9-15)17(23)13-6-5-7-14(10-13)20-11-16-12-21-18(19)24-16/h5-7,10,12,15,20H,2-4,8-9,11H2,1H3. The first-order valence-corrected chi connectivity index (χ1v) is 9.54. The summed E-state index contributed by atoms with van der Waals surface area (Å²) >= 11 is 7.30. The fourth-order valence-electron chi connectivity index (χ4n) is 3.15. The van der Waals surface area contributed by atoms with Crippen molar-refractivity contribution in [3.63, 3.8) is 0 Å². The lowest BCUT2D eigenvalue weighted by Crippen LogP contribution is -2.38. The minimum absolute atomic E-state index is 0.103. The number of rotatable bonds is 5. The molecule has 1 heterocycles. The fraction of sp³-hybridized carbons (Fsp3) is 0.444. The lowest BCUT2D eigenvalue weighted by atomic mass is 9.94. The van der Waals surface area contributed by atoms with Gasteiger partial charge in [-0.25, -0.2) is 4.98 Å². The van der Waals surface area contributed by atoms with Crippen LogP contribution in [-0.2, 0) is 6.54 Å². The van der Waals surface area contributed by atoms with E-state index in [1.165, 1.54) is 30.6 Å². The van der Waals surface area contributed by atoms with Crippen LogP contribution in [0.15, 0.2) is 30.5 Å². The molecule has 2 aromatic rings. The van der Waals surface area contributed by atoms with E-state index in [0.717, 1.165) is 29.0 Å². The van der Waals surface area contributed by atoms with Crippen molar-refractivity contribution >= 4 is 34.5 Å². The molecule has 0 atom stereocenters. The van der Waals surface area contributed by atoms with E-state index in [2.05, 4.69) is 10.3 Å². The van der Waals surface area contributed by atoms with Crippen molar-refractivity contribution in [3.8, 4) is 0 Å². The van der Waals surface area contributed by atoms with Crippen molar-refractivity contribution in [1.82, 2.24) is 9.88 Å². The van der Waals surface area contributed by atoms with Gasteiger partial charge in [0, 0.05) is 35.4 Å². The first-order chi connectivity index (χ1) is 11.6. The molecule has 1 fully saturated rings. The van der Waals surface area contributed by atoms with Gasteiger partial charge in [0.25, 0.3) is 5.91 Å². The van der Waals surface area contributed by atoms with E-state index in [1.807, 2.05) is 36.2 Å². The highest BCUT2D eigenvalue weighted by molar-refractivity contribution is 7.15. The number of nitrogens with one attached hydrogen (secondary N) is 1. The second-order valence-corrected chi connectivity index (χ2v) is 7.92. The van der Waals surface area contributed by atoms with Crippen LogP contribution in [0, 0.1) is 0 Å². The summed E-state index contributed by atoms with van der Waals surface area (Å²) < 4.78 is 0.546. The highest BCUT2D eigenvalue weighted by Crippen LogP contribution is 2.24. The van der Waals surface area contributed by atoms with E-state index >= 15 is 0 Å². The van der Waals surface area contributed by atoms with Crippen molar-refractivity contribution in [1.29, 1.82) is 0 Å². The molecule has 1 N–H and O–H groups in total. The summed E-state index contributed by atoms with van der Waals surface area (Å²) in [5, 5.41) is 3.33. The zero-order valence-corrected chi connectivity index (χ0v) is 15.4. The van der Waals surface area contributed by atoms with Gasteiger partial charge in [-0.1, -0.05) is 36.9 Å². The van der Waals surface area contributed by atoms with Crippen LogP contribution in [0.1, 0.15) is 47.3 Å². The number of halogens is 1. The Morgan fingerprint density at radius 2 is 2.17 bits per heavy atom. The molecule has 0 bridgehead atoms. The Morgan fingerprint density at radius 3 is 2.88 bits per heavy atom. The molecule has 0 radical (unpaired) electrons. The molecule has 0 unspecified atom stereocenters. The van der Waals surface area contributed by atoms with Gasteiger partial charge in [-0.05, 0) is 31.0 Å². The van der Waals surface area contributed by atoms with Crippen LogP contribution in [0.25, 0.3) is 0 Å². The van der Waals surface area contributed by atoms with Crippen LogP contribution in [0.4, 0.5) is 5.69 Å². The smallest absolute Gasteiger partial charge is 0.253 e. The minimum Gasteiger partial charge on any atom is -0.380 e. The molecular weight excluding hydrogens is 342 g/mol. The summed E-state index contributed by atoms with van der Waals surface area (Å²) in [6.45, 7) is 0.653. The zero-order valence-electron chi connectivity index (χ0n) is 13.8. The molecular formula is C18H22ClN3OS. The quantitative estimate of drug-likeness (QED) is 0.828. The number of hydrogen-bond donors (Lipinski definition) is 1. The van der Waals surface area contributed by atoms with E-state index in [-0.39, 0.29) is 5.91 Å². The Kier molecular flexibility index (Phi) is 5.74. The Labute approximate surface area is 151 Å². The van der Waals surface area contributed by atoms with Gasteiger partial charge in [0.2, 0.25) is 0 Å². The average molecular weight is 364 g/mol. The molecule has 6 heteroatoms. The lowest BCUT2D eigenvalue weighted by Gasteiger charge is -2.31. The second kappa shape index (κ2) is 7.99. The van der Waals surface area contributed by atoms with E-state index < -0.39 is 0 Å². The number of nitrogens with zero attached hydrogens (tertiary/aromatic N) is 2. The van der Waals surface area contributed by atoms with Gasteiger partial charge < -0.3 is 10.2 Å². The Bertz CT molecular complexity index is 697. The Hall–Kier alpha value is -1.59. The van der Waals surface area contributed by atoms with Gasteiger partial charge in [0.1, 0.15) is 0 Å². The summed E-state index contributed by atoms with van der Waals surface area (Å²) in [5.74, 6) is 0.103. The van der Waals surface area contributed by atoms with Gasteiger partial charge in [-0.3, -0.25) is 4.79 Å². The molecule has 24 heavy (non-hydrogen) atoms. The van der Waals surface area contributed by atoms with Crippen LogP contribution in [-0.4, -0.2) is 28.9 Å². The number of benzene rings is 1. The van der Waals surface area contributed by atoms with E-state index in [1.54, 1.807) is 6.20 Å². The summed E-state index contributed by atoms with van der Waals surface area (Å²) in [4.78, 5) is 19.8. The third-order valence-corrected chi connectivity index (χ3v) is 5.66. The monoisotopic (exact) mass is 363 g/mol. The first-order valence-electron chi connectivity index (χ1n) is 8.35. The van der Waals surface area contributed by atoms with Crippen LogP contribution in [0.3, 0.4) is 0 Å². The van der Waals surface area contributed by atoms with Crippen molar-refractivity contribution in [2.75, 3.05) is 12.4 Å². The maximum absolute atomic E-state index is 12.7. The van der Waals surface area contributed by atoms with Gasteiger partial charge in [0.05, 0.1) is 6.54 Å². The third kappa shape index (κ3) is 4.28. The van der Waals surface area contributed by atoms with Crippen LogP contribution in [0.2, 0.25) is 4.47 Å². The predicted octanol–water partition coefficient (Wildman–Crippen LogP) is 4.81. The van der Waals surface area contributed by atoms with Crippen LogP contribution in [0.5, 0.6) is 0 Å². The number of carbonyl (C=O) groups is 1. The van der Waals surface area contributed by atoms with Crippen LogP contribution < -0.4 is 5.32 Å². The maximum atomic E-state index is 12.7. The van der Waals surface area contributed by atoms with Gasteiger partial charge in [-0.2, -0.15) is 0 Å². The normalized spacial score (nSPS) is 15.2. The Balaban J connectivity index is 1.64. The number of hydrogen-bond acceptors (Lipinski definition) is 4. The SMILES string of the molecule is CN(C(=O)c1cccc(NCc2cnc(Cl)s2)c1)C1CCCCC1.